The summed E-state index contributed by atoms with van der Waals surface area (Å²) in [4.78, 5) is 0. The highest BCUT2D eigenvalue weighted by molar-refractivity contribution is 7.81. The molecule has 0 amide bonds. The maximum Gasteiger partial charge on any atom is 0.104 e. The number of thiol groups is 1. The number of hydrogen-bond acceptors (Lipinski definition) is 4. The van der Waals surface area contributed by atoms with Crippen LogP contribution in [0, 0.1) is 0 Å². The van der Waals surface area contributed by atoms with Crippen LogP contribution in [-0.2, 0) is 0 Å². The van der Waals surface area contributed by atoms with E-state index < -0.39 is 0 Å². The molecule has 0 unspecified atom stereocenters. The topological polar surface area (TPSA) is 44.3 Å². The van der Waals surface area contributed by atoms with Crippen LogP contribution >= 0.6 is 12.6 Å². The number of rotatable bonds is 4. The summed E-state index contributed by atoms with van der Waals surface area (Å²) in [6.45, 7) is 1.00. The van der Waals surface area contributed by atoms with Gasteiger partial charge in [0.1, 0.15) is 6.23 Å². The van der Waals surface area contributed by atoms with Crippen LogP contribution in [0.1, 0.15) is 19.3 Å². The highest BCUT2D eigenvalue weighted by Gasteiger charge is 2.21. The zero-order chi connectivity index (χ0) is 8.97. The second-order valence-corrected chi connectivity index (χ2v) is 4.11. The maximum atomic E-state index is 9.23. The summed E-state index contributed by atoms with van der Waals surface area (Å²) in [7, 11) is 1.77. The minimum Gasteiger partial charge on any atom is -0.379 e. The molecule has 0 saturated carbocycles. The normalized spacial score (nSPS) is 32.2. The zero-order valence-corrected chi connectivity index (χ0v) is 8.35. The molecule has 1 fully saturated rings. The molecular formula is C8H18N2OS. The Labute approximate surface area is 79.3 Å². The van der Waals surface area contributed by atoms with E-state index in [0.717, 1.165) is 25.8 Å². The van der Waals surface area contributed by atoms with E-state index in [-0.39, 0.29) is 6.23 Å². The minimum absolute atomic E-state index is 0.356. The fourth-order valence-corrected chi connectivity index (χ4v) is 1.88. The fourth-order valence-electron chi connectivity index (χ4n) is 1.52. The van der Waals surface area contributed by atoms with Crippen molar-refractivity contribution in [2.45, 2.75) is 36.8 Å². The quantitative estimate of drug-likeness (QED) is 0.372. The van der Waals surface area contributed by atoms with Gasteiger partial charge in [-0.05, 0) is 26.3 Å². The summed E-state index contributed by atoms with van der Waals surface area (Å²) >= 11 is 4.38. The third-order valence-electron chi connectivity index (χ3n) is 2.32. The van der Waals surface area contributed by atoms with E-state index in [1.54, 1.807) is 7.05 Å². The van der Waals surface area contributed by atoms with Gasteiger partial charge in [-0.25, -0.2) is 0 Å². The van der Waals surface area contributed by atoms with Gasteiger partial charge in [0.2, 0.25) is 0 Å². The van der Waals surface area contributed by atoms with Gasteiger partial charge in [-0.15, -0.1) is 0 Å². The Kier molecular flexibility index (Phi) is 4.35. The van der Waals surface area contributed by atoms with Gasteiger partial charge in [-0.3, -0.25) is 5.32 Å². The highest BCUT2D eigenvalue weighted by atomic mass is 32.1. The summed E-state index contributed by atoms with van der Waals surface area (Å²) in [5, 5.41) is 15.9. The van der Waals surface area contributed by atoms with Crippen molar-refractivity contribution in [2.75, 3.05) is 13.6 Å². The van der Waals surface area contributed by atoms with Crippen LogP contribution in [-0.4, -0.2) is 36.2 Å². The molecule has 1 rings (SSSR count). The molecule has 1 aliphatic rings. The van der Waals surface area contributed by atoms with Crippen molar-refractivity contribution in [3.05, 3.63) is 0 Å². The lowest BCUT2D eigenvalue weighted by Gasteiger charge is -2.13. The molecule has 0 spiro atoms. The monoisotopic (exact) mass is 190 g/mol. The molecule has 3 atom stereocenters. The van der Waals surface area contributed by atoms with Crippen LogP contribution < -0.4 is 10.6 Å². The standard InChI is InChI=1S/C8H18N2OS/c1-9-8(11)3-2-6-4-7(12)5-10-6/h6-12H,2-5H2,1H3/t6-,7-,8+/m0/s1. The van der Waals surface area contributed by atoms with Crippen LogP contribution in [0.5, 0.6) is 0 Å². The Bertz CT molecular complexity index is 134. The SMILES string of the molecule is CN[C@H](O)CC[C@H]1C[C@H](S)CN1. The fraction of sp³-hybridized carbons (Fsp3) is 1.00. The van der Waals surface area contributed by atoms with Gasteiger partial charge in [0.15, 0.2) is 0 Å². The number of aliphatic hydroxyl groups is 1. The van der Waals surface area contributed by atoms with Crippen LogP contribution in [0.2, 0.25) is 0 Å². The van der Waals surface area contributed by atoms with E-state index in [4.69, 9.17) is 0 Å². The number of aliphatic hydroxyl groups excluding tert-OH is 1. The first-order chi connectivity index (χ1) is 5.72. The van der Waals surface area contributed by atoms with Crippen molar-refractivity contribution in [3.63, 3.8) is 0 Å². The third-order valence-corrected chi connectivity index (χ3v) is 2.71. The molecule has 12 heavy (non-hydrogen) atoms. The molecule has 3 nitrogen and oxygen atoms in total. The first kappa shape index (κ1) is 10.3. The predicted molar refractivity (Wildman–Crippen MR) is 53.5 cm³/mol. The Morgan fingerprint density at radius 2 is 2.50 bits per heavy atom. The molecule has 1 heterocycles. The van der Waals surface area contributed by atoms with Gasteiger partial charge < -0.3 is 10.4 Å². The lowest BCUT2D eigenvalue weighted by Crippen LogP contribution is -2.28. The van der Waals surface area contributed by atoms with E-state index in [1.165, 1.54) is 0 Å². The summed E-state index contributed by atoms with van der Waals surface area (Å²) in [6, 6.07) is 0.551. The van der Waals surface area contributed by atoms with Gasteiger partial charge in [0.25, 0.3) is 0 Å². The molecule has 3 N–H and O–H groups in total. The van der Waals surface area contributed by atoms with Crippen molar-refractivity contribution in [3.8, 4) is 0 Å². The average molecular weight is 190 g/mol. The lowest BCUT2D eigenvalue weighted by molar-refractivity contribution is 0.131. The first-order valence-corrected chi connectivity index (χ1v) is 5.00. The third kappa shape index (κ3) is 3.31. The molecule has 0 radical (unpaired) electrons. The lowest BCUT2D eigenvalue weighted by atomic mass is 10.1. The van der Waals surface area contributed by atoms with Gasteiger partial charge >= 0.3 is 0 Å². The average Bonchev–Trinajstić information content (AvgIpc) is 2.47. The Morgan fingerprint density at radius 3 is 3.00 bits per heavy atom. The van der Waals surface area contributed by atoms with Crippen molar-refractivity contribution in [2.24, 2.45) is 0 Å². The Morgan fingerprint density at radius 1 is 1.75 bits per heavy atom. The van der Waals surface area contributed by atoms with Crippen LogP contribution in [0.4, 0.5) is 0 Å². The van der Waals surface area contributed by atoms with Gasteiger partial charge in [0.05, 0.1) is 0 Å². The number of hydrogen-bond donors (Lipinski definition) is 4. The summed E-state index contributed by atoms with van der Waals surface area (Å²) in [5.74, 6) is 0. The predicted octanol–water partition coefficient (Wildman–Crippen LogP) is -0.0353. The Hall–Kier alpha value is 0.230. The minimum atomic E-state index is -0.356. The maximum absolute atomic E-state index is 9.23. The molecule has 1 saturated heterocycles. The molecule has 72 valence electrons. The molecule has 4 heteroatoms. The highest BCUT2D eigenvalue weighted by Crippen LogP contribution is 2.16. The summed E-state index contributed by atoms with van der Waals surface area (Å²) in [6.07, 6.45) is 2.61. The van der Waals surface area contributed by atoms with Gasteiger partial charge in [0, 0.05) is 17.8 Å². The van der Waals surface area contributed by atoms with Crippen LogP contribution in [0.15, 0.2) is 0 Å². The molecule has 0 aromatic heterocycles. The molecule has 0 aromatic carbocycles. The van der Waals surface area contributed by atoms with Crippen LogP contribution in [0.3, 0.4) is 0 Å². The van der Waals surface area contributed by atoms with Crippen LogP contribution in [0.25, 0.3) is 0 Å². The van der Waals surface area contributed by atoms with E-state index in [2.05, 4.69) is 23.3 Å². The van der Waals surface area contributed by atoms with E-state index in [1.807, 2.05) is 0 Å². The zero-order valence-electron chi connectivity index (χ0n) is 7.45. The summed E-state index contributed by atoms with van der Waals surface area (Å²) in [5.41, 5.74) is 0. The van der Waals surface area contributed by atoms with Gasteiger partial charge in [-0.1, -0.05) is 0 Å². The first-order valence-electron chi connectivity index (χ1n) is 4.49. The van der Waals surface area contributed by atoms with Gasteiger partial charge in [-0.2, -0.15) is 12.6 Å². The Balaban J connectivity index is 2.07. The molecular weight excluding hydrogens is 172 g/mol. The second-order valence-electron chi connectivity index (χ2n) is 3.38. The van der Waals surface area contributed by atoms with Crippen molar-refractivity contribution >= 4 is 12.6 Å². The van der Waals surface area contributed by atoms with E-state index in [9.17, 15) is 5.11 Å². The number of nitrogens with one attached hydrogen (secondary N) is 2. The van der Waals surface area contributed by atoms with Crippen molar-refractivity contribution in [1.82, 2.24) is 10.6 Å². The summed E-state index contributed by atoms with van der Waals surface area (Å²) < 4.78 is 0. The second kappa shape index (κ2) is 5.07. The molecule has 1 aliphatic heterocycles. The van der Waals surface area contributed by atoms with Crippen molar-refractivity contribution < 1.29 is 5.11 Å². The van der Waals surface area contributed by atoms with Crippen molar-refractivity contribution in [1.29, 1.82) is 0 Å². The molecule has 0 bridgehead atoms. The van der Waals surface area contributed by atoms with E-state index >= 15 is 0 Å². The smallest absolute Gasteiger partial charge is 0.104 e. The molecule has 0 aromatic rings. The molecule has 0 aliphatic carbocycles. The largest absolute Gasteiger partial charge is 0.379 e. The van der Waals surface area contributed by atoms with E-state index in [0.29, 0.717) is 11.3 Å².